The zero-order valence-corrected chi connectivity index (χ0v) is 19.3. The summed E-state index contributed by atoms with van der Waals surface area (Å²) in [6.07, 6.45) is -5.34. The first-order valence-electron chi connectivity index (χ1n) is 8.86. The fraction of sp³-hybridized carbons (Fsp3) is 0.583. The van der Waals surface area contributed by atoms with Crippen LogP contribution in [0.25, 0.3) is 0 Å². The van der Waals surface area contributed by atoms with Gasteiger partial charge in [-0.2, -0.15) is 8.62 Å². The highest BCUT2D eigenvalue weighted by Crippen LogP contribution is 2.66. The number of carbonyl (C=O) groups is 1. The Balaban J connectivity index is 1.75. The molecule has 22 heteroatoms. The molecule has 0 saturated carbocycles. The Hall–Kier alpha value is -1.59. The van der Waals surface area contributed by atoms with Crippen LogP contribution in [0.2, 0.25) is 0 Å². The fourth-order valence-corrected chi connectivity index (χ4v) is 6.29. The van der Waals surface area contributed by atoms with Gasteiger partial charge >= 0.3 is 23.5 Å². The number of nitrogens with one attached hydrogen (secondary N) is 1. The smallest absolute Gasteiger partial charge is 0.386 e. The summed E-state index contributed by atoms with van der Waals surface area (Å²) >= 11 is 0. The summed E-state index contributed by atoms with van der Waals surface area (Å²) in [7, 11) is -17.0. The zero-order chi connectivity index (χ0) is 25.7. The van der Waals surface area contributed by atoms with Crippen molar-refractivity contribution < 1.29 is 65.4 Å². The highest BCUT2D eigenvalue weighted by Gasteiger charge is 2.59. The first-order chi connectivity index (χ1) is 15.5. The number of phosphoric ester groups is 1. The lowest BCUT2D eigenvalue weighted by Gasteiger charge is -2.33. The second-order valence-corrected chi connectivity index (χ2v) is 11.4. The lowest BCUT2D eigenvalue weighted by atomic mass is 9.97. The minimum Gasteiger partial charge on any atom is -0.386 e. The van der Waals surface area contributed by atoms with Gasteiger partial charge in [-0.1, -0.05) is 6.08 Å². The van der Waals surface area contributed by atoms with Crippen molar-refractivity contribution in [2.75, 3.05) is 6.61 Å². The van der Waals surface area contributed by atoms with Crippen LogP contribution in [0.5, 0.6) is 0 Å². The van der Waals surface area contributed by atoms with Gasteiger partial charge in [0, 0.05) is 0 Å². The summed E-state index contributed by atoms with van der Waals surface area (Å²) in [6, 6.07) is -1.10. The molecule has 3 aliphatic heterocycles. The number of nitrogens with zero attached hydrogens (tertiary/aromatic N) is 3. The number of ether oxygens (including phenoxy) is 1. The van der Waals surface area contributed by atoms with Crippen molar-refractivity contribution in [1.29, 1.82) is 0 Å². The molecule has 4 unspecified atom stereocenters. The molecular formula is C12H19FN5O13P3. The molecule has 0 aromatic rings. The molecule has 8 N–H and O–H groups in total. The third kappa shape index (κ3) is 5.62. The number of hydrogen-bond donors (Lipinski definition) is 7. The second-order valence-electron chi connectivity index (χ2n) is 6.99. The van der Waals surface area contributed by atoms with Gasteiger partial charge in [0.25, 0.3) is 5.91 Å². The van der Waals surface area contributed by atoms with Gasteiger partial charge in [-0.15, -0.1) is 6.58 Å². The van der Waals surface area contributed by atoms with E-state index in [9.17, 15) is 33.4 Å². The molecule has 3 aliphatic rings. The minimum absolute atomic E-state index is 0.279. The number of rotatable bonds is 9. The van der Waals surface area contributed by atoms with Gasteiger partial charge in [0.1, 0.15) is 11.7 Å². The average Bonchev–Trinajstić information content (AvgIpc) is 3.18. The lowest BCUT2D eigenvalue weighted by Crippen LogP contribution is -2.56. The number of hydrogen-bond acceptors (Lipinski definition) is 13. The first-order valence-corrected chi connectivity index (χ1v) is 13.4. The topological polar surface area (TPSA) is 272 Å². The maximum atomic E-state index is 15.0. The molecule has 8 atom stereocenters. The molecule has 192 valence electrons. The highest BCUT2D eigenvalue weighted by atomic mass is 31.3. The van der Waals surface area contributed by atoms with Crippen LogP contribution in [0.1, 0.15) is 0 Å². The van der Waals surface area contributed by atoms with Crippen LogP contribution in [0.15, 0.2) is 22.6 Å². The second kappa shape index (κ2) is 9.13. The summed E-state index contributed by atoms with van der Waals surface area (Å²) in [5.74, 6) is -0.911. The highest BCUT2D eigenvalue weighted by molar-refractivity contribution is 7.66. The van der Waals surface area contributed by atoms with Crippen LogP contribution in [0.3, 0.4) is 0 Å². The Kier molecular flexibility index (Phi) is 7.25. The normalized spacial score (nSPS) is 36.9. The van der Waals surface area contributed by atoms with Gasteiger partial charge in [-0.3, -0.25) is 19.6 Å². The molecule has 0 aromatic heterocycles. The Morgan fingerprint density at radius 2 is 1.94 bits per heavy atom. The minimum atomic E-state index is -5.81. The third-order valence-electron chi connectivity index (χ3n) is 4.66. The summed E-state index contributed by atoms with van der Waals surface area (Å²) in [5, 5.41) is 12.6. The Morgan fingerprint density at radius 3 is 2.53 bits per heavy atom. The lowest BCUT2D eigenvalue weighted by molar-refractivity contribution is -0.126. The molecule has 0 spiro atoms. The summed E-state index contributed by atoms with van der Waals surface area (Å²) in [4.78, 5) is 56.8. The average molecular weight is 553 g/mol. The molecule has 34 heavy (non-hydrogen) atoms. The molecule has 1 amide bonds. The first kappa shape index (κ1) is 27.0. The number of halogens is 1. The predicted octanol–water partition coefficient (Wildman–Crippen LogP) is -2.21. The van der Waals surface area contributed by atoms with Gasteiger partial charge in [-0.25, -0.2) is 23.1 Å². The molecule has 0 radical (unpaired) electrons. The molecule has 3 rings (SSSR count). The molecule has 18 nitrogen and oxygen atoms in total. The maximum absolute atomic E-state index is 15.0. The van der Waals surface area contributed by atoms with Crippen LogP contribution < -0.4 is 11.1 Å². The van der Waals surface area contributed by atoms with Crippen molar-refractivity contribution >= 4 is 41.7 Å². The van der Waals surface area contributed by atoms with Crippen molar-refractivity contribution in [2.24, 2.45) is 15.7 Å². The van der Waals surface area contributed by atoms with E-state index >= 15 is 4.39 Å². The van der Waals surface area contributed by atoms with Gasteiger partial charge in [-0.05, 0) is 0 Å². The van der Waals surface area contributed by atoms with E-state index in [4.69, 9.17) is 20.3 Å². The van der Waals surface area contributed by atoms with E-state index in [0.29, 0.717) is 0 Å². The standard InChI is InChI=1S/C12H19FN5O13P3/c1-2-12(3-28-33(24,25)31-34(26,27)30-32(21,22)23)7(19)5(13)10(29-12)18-4-15-6-8(18)16-11(14)17-9(6)20/h2,4-8,10,19H,1,3H2,(H,24,25)(H,26,27)(H2,21,22,23)(H3,14,16,17,20)/t5-,6?,7+,8?,10-,12-/m1/s1. The third-order valence-corrected chi connectivity index (χ3v) is 8.45. The predicted molar refractivity (Wildman–Crippen MR) is 106 cm³/mol. The Labute approximate surface area is 189 Å². The van der Waals surface area contributed by atoms with Crippen molar-refractivity contribution in [2.45, 2.75) is 36.3 Å². The number of amides is 1. The molecule has 3 heterocycles. The van der Waals surface area contributed by atoms with Crippen LogP contribution in [-0.2, 0) is 36.4 Å². The van der Waals surface area contributed by atoms with Gasteiger partial charge in [0.2, 0.25) is 0 Å². The number of aliphatic hydroxyl groups is 1. The summed E-state index contributed by atoms with van der Waals surface area (Å²) < 4.78 is 66.2. The van der Waals surface area contributed by atoms with Crippen molar-refractivity contribution in [3.8, 4) is 0 Å². The number of guanidine groups is 1. The Morgan fingerprint density at radius 1 is 1.29 bits per heavy atom. The summed E-state index contributed by atoms with van der Waals surface area (Å²) in [6.45, 7) is 2.15. The number of phosphoric acid groups is 3. The molecule has 1 fully saturated rings. The van der Waals surface area contributed by atoms with Crippen molar-refractivity contribution in [1.82, 2.24) is 10.2 Å². The van der Waals surface area contributed by atoms with E-state index in [0.717, 1.165) is 17.3 Å². The van der Waals surface area contributed by atoms with Gasteiger partial charge < -0.3 is 40.1 Å². The molecule has 1 saturated heterocycles. The molecule has 0 aliphatic carbocycles. The SMILES string of the molecule is C=C[C@]1(COP(=O)(O)OP(=O)(O)OP(=O)(O)O)O[C@@H](N2C=NC3C(=O)NC(N)=NC32)[C@H](F)[C@@H]1O. The largest absolute Gasteiger partial charge is 0.490 e. The molecule has 0 bridgehead atoms. The van der Waals surface area contributed by atoms with Crippen LogP contribution in [-0.4, -0.2) is 90.7 Å². The van der Waals surface area contributed by atoms with Crippen LogP contribution >= 0.6 is 23.5 Å². The Bertz CT molecular complexity index is 1070. The van der Waals surface area contributed by atoms with E-state index in [1.54, 1.807) is 0 Å². The maximum Gasteiger partial charge on any atom is 0.490 e. The number of nitrogens with two attached hydrogens (primary N) is 1. The number of aliphatic imine (C=N–C) groups is 2. The van der Waals surface area contributed by atoms with Crippen molar-refractivity contribution in [3.63, 3.8) is 0 Å². The quantitative estimate of drug-likeness (QED) is 0.118. The van der Waals surface area contributed by atoms with Crippen LogP contribution in [0, 0.1) is 0 Å². The monoisotopic (exact) mass is 553 g/mol. The van der Waals surface area contributed by atoms with Crippen LogP contribution in [0.4, 0.5) is 4.39 Å². The molecule has 0 aromatic carbocycles. The molecular weight excluding hydrogens is 534 g/mol. The van der Waals surface area contributed by atoms with E-state index in [1.165, 1.54) is 0 Å². The van der Waals surface area contributed by atoms with Crippen molar-refractivity contribution in [3.05, 3.63) is 12.7 Å². The van der Waals surface area contributed by atoms with E-state index < -0.39 is 72.3 Å². The number of alkyl halides is 1. The number of fused-ring (bicyclic) bond motifs is 1. The zero-order valence-electron chi connectivity index (χ0n) is 16.6. The number of aliphatic hydroxyl groups excluding tert-OH is 1. The van der Waals surface area contributed by atoms with E-state index in [2.05, 4.69) is 35.0 Å². The van der Waals surface area contributed by atoms with Gasteiger partial charge in [0.15, 0.2) is 30.6 Å². The van der Waals surface area contributed by atoms with Gasteiger partial charge in [0.05, 0.1) is 12.9 Å². The summed E-state index contributed by atoms with van der Waals surface area (Å²) in [5.41, 5.74) is 3.25. The van der Waals surface area contributed by atoms with E-state index in [-0.39, 0.29) is 5.96 Å². The fourth-order valence-electron chi connectivity index (χ4n) is 3.23. The van der Waals surface area contributed by atoms with E-state index in [1.807, 2.05) is 0 Å². The number of carbonyl (C=O) groups excluding carboxylic acids is 1.